The third-order valence-corrected chi connectivity index (χ3v) is 15.3. The predicted octanol–water partition coefficient (Wildman–Crippen LogP) is 22.0. The molecule has 0 heterocycles. The zero-order chi connectivity index (χ0) is 50.6. The highest BCUT2D eigenvalue weighted by Gasteiger charge is 2.11. The Morgan fingerprint density at radius 3 is 0.914 bits per heavy atom. The first-order valence-electron chi connectivity index (χ1n) is 32.4. The number of amides is 1. The van der Waals surface area contributed by atoms with E-state index in [1.807, 2.05) is 0 Å². The smallest absolute Gasteiger partial charge is 0.220 e. The molecule has 1 atom stereocenters. The molecule has 0 aliphatic rings. The summed E-state index contributed by atoms with van der Waals surface area (Å²) in [4.78, 5) is 24.7. The molecule has 0 saturated carbocycles. The van der Waals surface area contributed by atoms with Crippen molar-refractivity contribution in [1.29, 1.82) is 0 Å². The van der Waals surface area contributed by atoms with E-state index in [0.29, 0.717) is 12.2 Å². The molecule has 0 aliphatic heterocycles. The Hall–Kier alpha value is -1.42. The first-order chi connectivity index (χ1) is 34.6. The van der Waals surface area contributed by atoms with Crippen molar-refractivity contribution in [3.63, 3.8) is 0 Å². The number of aliphatic hydroxyl groups excluding tert-OH is 1. The van der Waals surface area contributed by atoms with Crippen LogP contribution in [0.15, 0.2) is 24.3 Å². The van der Waals surface area contributed by atoms with Crippen LogP contribution in [0.3, 0.4) is 0 Å². The minimum Gasteiger partial charge on any atom is -0.394 e. The van der Waals surface area contributed by atoms with Gasteiger partial charge in [-0.3, -0.25) is 9.59 Å². The molecule has 70 heavy (non-hydrogen) atoms. The summed E-state index contributed by atoms with van der Waals surface area (Å²) in [6, 6.07) is -0.0598. The van der Waals surface area contributed by atoms with Crippen LogP contribution < -0.4 is 5.32 Å². The number of Topliss-reactive ketones (excluding diaryl/α,β-unsaturated/α-hetero) is 1. The van der Waals surface area contributed by atoms with Gasteiger partial charge in [0.05, 0.1) is 12.6 Å². The molecule has 0 rings (SSSR count). The van der Waals surface area contributed by atoms with Gasteiger partial charge in [0, 0.05) is 19.3 Å². The van der Waals surface area contributed by atoms with Gasteiger partial charge in [-0.2, -0.15) is 0 Å². The predicted molar refractivity (Wildman–Crippen MR) is 312 cm³/mol. The average Bonchev–Trinajstić information content (AvgIpc) is 3.36. The van der Waals surface area contributed by atoms with E-state index in [9.17, 15) is 14.7 Å². The molecule has 4 nitrogen and oxygen atoms in total. The summed E-state index contributed by atoms with van der Waals surface area (Å²) in [7, 11) is 0. The van der Waals surface area contributed by atoms with Gasteiger partial charge in [0.1, 0.15) is 5.78 Å². The summed E-state index contributed by atoms with van der Waals surface area (Å²) in [6.45, 7) is 4.62. The Balaban J connectivity index is 3.29. The Morgan fingerprint density at radius 1 is 0.329 bits per heavy atom. The number of ketones is 1. The highest BCUT2D eigenvalue weighted by Crippen LogP contribution is 2.19. The van der Waals surface area contributed by atoms with Crippen molar-refractivity contribution >= 4 is 11.7 Å². The van der Waals surface area contributed by atoms with Gasteiger partial charge in [0.25, 0.3) is 0 Å². The third kappa shape index (κ3) is 59.1. The van der Waals surface area contributed by atoms with Gasteiger partial charge in [-0.05, 0) is 57.8 Å². The maximum absolute atomic E-state index is 12.4. The fourth-order valence-corrected chi connectivity index (χ4v) is 10.4. The van der Waals surface area contributed by atoms with Gasteiger partial charge in [-0.15, -0.1) is 0 Å². The van der Waals surface area contributed by atoms with E-state index in [4.69, 9.17) is 0 Å². The molecule has 0 aromatic rings. The van der Waals surface area contributed by atoms with Crippen LogP contribution in [0.4, 0.5) is 0 Å². The lowest BCUT2D eigenvalue weighted by atomic mass is 10.0. The first kappa shape index (κ1) is 68.6. The Bertz CT molecular complexity index is 1070. The summed E-state index contributed by atoms with van der Waals surface area (Å²) >= 11 is 0. The van der Waals surface area contributed by atoms with Crippen LogP contribution >= 0.6 is 0 Å². The summed E-state index contributed by atoms with van der Waals surface area (Å²) in [5.74, 6) is 0.641. The topological polar surface area (TPSA) is 66.4 Å². The van der Waals surface area contributed by atoms with E-state index in [1.54, 1.807) is 0 Å². The zero-order valence-electron chi connectivity index (χ0n) is 48.0. The van der Waals surface area contributed by atoms with Gasteiger partial charge in [0.15, 0.2) is 0 Å². The van der Waals surface area contributed by atoms with E-state index in [0.717, 1.165) is 57.8 Å². The average molecular weight is 983 g/mol. The molecule has 0 saturated heterocycles. The van der Waals surface area contributed by atoms with E-state index in [1.165, 1.54) is 295 Å². The summed E-state index contributed by atoms with van der Waals surface area (Å²) < 4.78 is 0. The second kappa shape index (κ2) is 61.9. The molecule has 0 unspecified atom stereocenters. The van der Waals surface area contributed by atoms with Crippen LogP contribution in [0.25, 0.3) is 0 Å². The third-order valence-electron chi connectivity index (χ3n) is 15.3. The number of unbranched alkanes of at least 4 members (excludes halogenated alkanes) is 47. The second-order valence-corrected chi connectivity index (χ2v) is 22.4. The molecular weight excluding hydrogens is 855 g/mol. The molecular formula is C66H127NO3. The Morgan fingerprint density at radius 2 is 0.586 bits per heavy atom. The molecule has 0 spiro atoms. The fraction of sp³-hybridized carbons (Fsp3) is 0.909. The van der Waals surface area contributed by atoms with Gasteiger partial charge in [0.2, 0.25) is 5.91 Å². The van der Waals surface area contributed by atoms with Crippen LogP contribution in [0.1, 0.15) is 373 Å². The monoisotopic (exact) mass is 982 g/mol. The maximum Gasteiger partial charge on any atom is 0.220 e. The van der Waals surface area contributed by atoms with Gasteiger partial charge in [-0.25, -0.2) is 0 Å². The van der Waals surface area contributed by atoms with Crippen LogP contribution in [-0.4, -0.2) is 29.4 Å². The van der Waals surface area contributed by atoms with Crippen molar-refractivity contribution in [2.45, 2.75) is 379 Å². The fourth-order valence-electron chi connectivity index (χ4n) is 10.4. The van der Waals surface area contributed by atoms with Crippen molar-refractivity contribution in [3.8, 4) is 0 Å². The van der Waals surface area contributed by atoms with Crippen molar-refractivity contribution in [1.82, 2.24) is 5.32 Å². The number of carbonyl (C=O) groups is 2. The minimum absolute atomic E-state index is 0.0598. The van der Waals surface area contributed by atoms with E-state index in [2.05, 4.69) is 43.5 Å². The van der Waals surface area contributed by atoms with Crippen molar-refractivity contribution in [2.75, 3.05) is 6.61 Å². The maximum atomic E-state index is 12.4. The van der Waals surface area contributed by atoms with Crippen LogP contribution in [0.2, 0.25) is 0 Å². The Labute approximate surface area is 440 Å². The SMILES string of the molecule is CCCCCC=CCC=CCCCCCCCC(=O)CCCCCCCCCCCCCCCCCCCCCCCCCCCCCC(=O)N[C@@H](CO)CCCCCCCCCCCCCCCC. The largest absolute Gasteiger partial charge is 0.394 e. The molecule has 4 heteroatoms. The van der Waals surface area contributed by atoms with Crippen molar-refractivity contribution < 1.29 is 14.7 Å². The number of allylic oxidation sites excluding steroid dienone is 4. The quantitative estimate of drug-likeness (QED) is 0.0471. The van der Waals surface area contributed by atoms with Gasteiger partial charge in [-0.1, -0.05) is 321 Å². The summed E-state index contributed by atoms with van der Waals surface area (Å²) in [5.41, 5.74) is 0. The molecule has 0 radical (unpaired) electrons. The molecule has 0 bridgehead atoms. The molecule has 0 fully saturated rings. The molecule has 0 aliphatic carbocycles. The van der Waals surface area contributed by atoms with E-state index in [-0.39, 0.29) is 18.6 Å². The minimum atomic E-state index is -0.0598. The summed E-state index contributed by atoms with van der Waals surface area (Å²) in [6.07, 6.45) is 81.9. The van der Waals surface area contributed by atoms with Crippen LogP contribution in [-0.2, 0) is 9.59 Å². The standard InChI is InChI=1S/C66H127NO3/c1-3-5-7-9-11-13-15-17-32-36-40-44-48-52-56-60-65(69)61-57-53-49-45-41-37-33-30-28-26-24-22-20-19-21-23-25-27-29-31-34-38-42-46-50-54-58-62-66(70)67-64(63-68)59-55-51-47-43-39-35-18-16-14-12-10-8-6-4-2/h11,13,17,32,64,68H,3-10,12,14-16,18-31,33-63H2,1-2H3,(H,67,70)/t64-/m1/s1. The molecule has 0 aromatic carbocycles. The lowest BCUT2D eigenvalue weighted by Gasteiger charge is -2.16. The first-order valence-corrected chi connectivity index (χ1v) is 32.4. The van der Waals surface area contributed by atoms with Crippen LogP contribution in [0.5, 0.6) is 0 Å². The lowest BCUT2D eigenvalue weighted by molar-refractivity contribution is -0.122. The Kier molecular flexibility index (Phi) is 60.6. The normalized spacial score (nSPS) is 12.3. The van der Waals surface area contributed by atoms with Gasteiger partial charge < -0.3 is 10.4 Å². The summed E-state index contributed by atoms with van der Waals surface area (Å²) in [5, 5.41) is 12.9. The highest BCUT2D eigenvalue weighted by molar-refractivity contribution is 5.78. The lowest BCUT2D eigenvalue weighted by Crippen LogP contribution is -2.37. The molecule has 0 aromatic heterocycles. The number of hydrogen-bond acceptors (Lipinski definition) is 3. The number of rotatable bonds is 61. The number of carbonyl (C=O) groups excluding carboxylic acids is 2. The highest BCUT2D eigenvalue weighted by atomic mass is 16.3. The van der Waals surface area contributed by atoms with Gasteiger partial charge >= 0.3 is 0 Å². The van der Waals surface area contributed by atoms with E-state index < -0.39 is 0 Å². The molecule has 414 valence electrons. The van der Waals surface area contributed by atoms with Crippen molar-refractivity contribution in [3.05, 3.63) is 24.3 Å². The number of aliphatic hydroxyl groups is 1. The second-order valence-electron chi connectivity index (χ2n) is 22.4. The molecule has 2 N–H and O–H groups in total. The number of nitrogens with one attached hydrogen (secondary N) is 1. The molecule has 1 amide bonds. The van der Waals surface area contributed by atoms with Crippen LogP contribution in [0, 0.1) is 0 Å². The zero-order valence-corrected chi connectivity index (χ0v) is 48.0. The number of hydrogen-bond donors (Lipinski definition) is 2. The van der Waals surface area contributed by atoms with E-state index >= 15 is 0 Å². The van der Waals surface area contributed by atoms with Crippen molar-refractivity contribution in [2.24, 2.45) is 0 Å².